The highest BCUT2D eigenvalue weighted by Crippen LogP contribution is 2.10. The zero-order valence-corrected chi connectivity index (χ0v) is 17.6. The van der Waals surface area contributed by atoms with E-state index in [4.69, 9.17) is 9.47 Å². The van der Waals surface area contributed by atoms with Crippen LogP contribution in [0.15, 0.2) is 24.3 Å². The predicted octanol–water partition coefficient (Wildman–Crippen LogP) is 3.98. The van der Waals surface area contributed by atoms with Crippen LogP contribution in [0.2, 0.25) is 0 Å². The number of nitrogens with zero attached hydrogens (tertiary/aromatic N) is 2. The van der Waals surface area contributed by atoms with Crippen molar-refractivity contribution in [2.45, 2.75) is 52.5 Å². The molecule has 0 unspecified atom stereocenters. The molecule has 27 heavy (non-hydrogen) atoms. The molecule has 1 aromatic carbocycles. The molecule has 0 radical (unpaired) electrons. The third kappa shape index (κ3) is 9.70. The number of piperazine rings is 1. The van der Waals surface area contributed by atoms with Crippen LogP contribution in [-0.2, 0) is 22.4 Å². The van der Waals surface area contributed by atoms with Crippen molar-refractivity contribution in [3.05, 3.63) is 35.4 Å². The molecule has 0 aromatic heterocycles. The van der Waals surface area contributed by atoms with Crippen LogP contribution in [0.3, 0.4) is 0 Å². The first-order valence-electron chi connectivity index (χ1n) is 11.0. The maximum atomic E-state index is 5.77. The van der Waals surface area contributed by atoms with E-state index in [0.717, 1.165) is 78.5 Å². The monoisotopic (exact) mass is 376 g/mol. The number of hydrogen-bond donors (Lipinski definition) is 0. The molecule has 2 rings (SSSR count). The summed E-state index contributed by atoms with van der Waals surface area (Å²) < 4.78 is 11.4. The molecule has 1 aliphatic rings. The minimum atomic E-state index is 0.821. The summed E-state index contributed by atoms with van der Waals surface area (Å²) in [5.41, 5.74) is 2.85. The lowest BCUT2D eigenvalue weighted by Crippen LogP contribution is -2.46. The fraction of sp³-hybridized carbons (Fsp3) is 0.739. The van der Waals surface area contributed by atoms with Crippen molar-refractivity contribution in [2.75, 3.05) is 59.2 Å². The van der Waals surface area contributed by atoms with E-state index in [1.165, 1.54) is 30.4 Å². The fourth-order valence-electron chi connectivity index (χ4n) is 3.42. The Labute approximate surface area is 166 Å². The Morgan fingerprint density at radius 1 is 0.704 bits per heavy atom. The predicted molar refractivity (Wildman–Crippen MR) is 113 cm³/mol. The first-order chi connectivity index (χ1) is 13.3. The van der Waals surface area contributed by atoms with Gasteiger partial charge in [-0.2, -0.15) is 0 Å². The molecule has 0 saturated carbocycles. The van der Waals surface area contributed by atoms with Crippen molar-refractivity contribution in [3.8, 4) is 0 Å². The lowest BCUT2D eigenvalue weighted by atomic mass is 10.1. The van der Waals surface area contributed by atoms with E-state index in [9.17, 15) is 0 Å². The standard InChI is InChI=1S/C23H40N2O2/c1-3-5-6-17-26-18-7-19-27-20-16-24-12-14-25(15-13-24)21-23-10-8-22(4-2)9-11-23/h8-11H,3-7,12-21H2,1-2H3. The maximum absolute atomic E-state index is 5.77. The zero-order chi connectivity index (χ0) is 19.2. The topological polar surface area (TPSA) is 24.9 Å². The van der Waals surface area contributed by atoms with Crippen LogP contribution >= 0.6 is 0 Å². The molecule has 4 heteroatoms. The van der Waals surface area contributed by atoms with E-state index in [2.05, 4.69) is 47.9 Å². The second-order valence-corrected chi connectivity index (χ2v) is 7.57. The Hall–Kier alpha value is -0.940. The minimum Gasteiger partial charge on any atom is -0.381 e. The summed E-state index contributed by atoms with van der Waals surface area (Å²) in [4.78, 5) is 5.09. The van der Waals surface area contributed by atoms with Crippen LogP contribution in [0.1, 0.15) is 50.7 Å². The summed E-state index contributed by atoms with van der Waals surface area (Å²) in [6.45, 7) is 14.6. The van der Waals surface area contributed by atoms with Crippen LogP contribution in [0.4, 0.5) is 0 Å². The Morgan fingerprint density at radius 3 is 1.96 bits per heavy atom. The molecule has 0 aliphatic carbocycles. The molecular formula is C23H40N2O2. The van der Waals surface area contributed by atoms with E-state index >= 15 is 0 Å². The Kier molecular flexibility index (Phi) is 11.7. The number of ether oxygens (including phenoxy) is 2. The Balaban J connectivity index is 1.45. The van der Waals surface area contributed by atoms with Gasteiger partial charge in [0.05, 0.1) is 6.61 Å². The third-order valence-electron chi connectivity index (χ3n) is 5.32. The molecule has 1 fully saturated rings. The summed E-state index contributed by atoms with van der Waals surface area (Å²) >= 11 is 0. The van der Waals surface area contributed by atoms with Gasteiger partial charge >= 0.3 is 0 Å². The number of aryl methyl sites for hydroxylation is 1. The average Bonchev–Trinajstić information content (AvgIpc) is 2.71. The summed E-state index contributed by atoms with van der Waals surface area (Å²) in [5.74, 6) is 0. The fourth-order valence-corrected chi connectivity index (χ4v) is 3.42. The van der Waals surface area contributed by atoms with Gasteiger partial charge in [-0.25, -0.2) is 0 Å². The van der Waals surface area contributed by atoms with Gasteiger partial charge in [0.1, 0.15) is 0 Å². The van der Waals surface area contributed by atoms with Gasteiger partial charge in [0.2, 0.25) is 0 Å². The van der Waals surface area contributed by atoms with E-state index in [1.807, 2.05) is 0 Å². The summed E-state index contributed by atoms with van der Waals surface area (Å²) in [5, 5.41) is 0. The normalized spacial score (nSPS) is 16.1. The number of rotatable bonds is 14. The van der Waals surface area contributed by atoms with Crippen molar-refractivity contribution < 1.29 is 9.47 Å². The van der Waals surface area contributed by atoms with Gasteiger partial charge in [-0.3, -0.25) is 9.80 Å². The van der Waals surface area contributed by atoms with Crippen molar-refractivity contribution in [1.82, 2.24) is 9.80 Å². The summed E-state index contributed by atoms with van der Waals surface area (Å²) in [6.07, 6.45) is 5.85. The summed E-state index contributed by atoms with van der Waals surface area (Å²) in [6, 6.07) is 9.09. The second-order valence-electron chi connectivity index (χ2n) is 7.57. The molecule has 1 aromatic rings. The van der Waals surface area contributed by atoms with Gasteiger partial charge in [0, 0.05) is 59.1 Å². The number of hydrogen-bond acceptors (Lipinski definition) is 4. The van der Waals surface area contributed by atoms with Gasteiger partial charge in [-0.1, -0.05) is 51.0 Å². The molecule has 0 atom stereocenters. The van der Waals surface area contributed by atoms with Crippen molar-refractivity contribution in [3.63, 3.8) is 0 Å². The molecule has 1 heterocycles. The minimum absolute atomic E-state index is 0.821. The quantitative estimate of drug-likeness (QED) is 0.459. The molecule has 1 saturated heterocycles. The average molecular weight is 377 g/mol. The van der Waals surface area contributed by atoms with Gasteiger partial charge in [-0.15, -0.1) is 0 Å². The SMILES string of the molecule is CCCCCOCCCOCCN1CCN(Cc2ccc(CC)cc2)CC1. The Bertz CT molecular complexity index is 470. The number of unbranched alkanes of at least 4 members (excludes halogenated alkanes) is 2. The van der Waals surface area contributed by atoms with Crippen LogP contribution < -0.4 is 0 Å². The highest BCUT2D eigenvalue weighted by atomic mass is 16.5. The second kappa shape index (κ2) is 14.1. The lowest BCUT2D eigenvalue weighted by Gasteiger charge is -2.34. The molecule has 154 valence electrons. The van der Waals surface area contributed by atoms with E-state index in [-0.39, 0.29) is 0 Å². The molecular weight excluding hydrogens is 336 g/mol. The van der Waals surface area contributed by atoms with Gasteiger partial charge in [0.15, 0.2) is 0 Å². The van der Waals surface area contributed by atoms with Crippen molar-refractivity contribution in [2.24, 2.45) is 0 Å². The summed E-state index contributed by atoms with van der Waals surface area (Å²) in [7, 11) is 0. The molecule has 0 N–H and O–H groups in total. The van der Waals surface area contributed by atoms with Gasteiger partial charge < -0.3 is 9.47 Å². The zero-order valence-electron chi connectivity index (χ0n) is 17.6. The van der Waals surface area contributed by atoms with E-state index in [1.54, 1.807) is 0 Å². The molecule has 0 spiro atoms. The van der Waals surface area contributed by atoms with Crippen LogP contribution in [0.5, 0.6) is 0 Å². The largest absolute Gasteiger partial charge is 0.381 e. The third-order valence-corrected chi connectivity index (χ3v) is 5.32. The van der Waals surface area contributed by atoms with Crippen molar-refractivity contribution >= 4 is 0 Å². The molecule has 0 amide bonds. The van der Waals surface area contributed by atoms with Gasteiger partial charge in [-0.05, 0) is 30.4 Å². The van der Waals surface area contributed by atoms with Crippen LogP contribution in [0, 0.1) is 0 Å². The van der Waals surface area contributed by atoms with Gasteiger partial charge in [0.25, 0.3) is 0 Å². The highest BCUT2D eigenvalue weighted by Gasteiger charge is 2.16. The first-order valence-corrected chi connectivity index (χ1v) is 11.0. The smallest absolute Gasteiger partial charge is 0.0593 e. The van der Waals surface area contributed by atoms with Crippen LogP contribution in [-0.4, -0.2) is 69.0 Å². The highest BCUT2D eigenvalue weighted by molar-refractivity contribution is 5.22. The molecule has 4 nitrogen and oxygen atoms in total. The number of benzene rings is 1. The van der Waals surface area contributed by atoms with E-state index < -0.39 is 0 Å². The van der Waals surface area contributed by atoms with Crippen molar-refractivity contribution in [1.29, 1.82) is 0 Å². The Morgan fingerprint density at radius 2 is 1.30 bits per heavy atom. The molecule has 1 aliphatic heterocycles. The van der Waals surface area contributed by atoms with Crippen LogP contribution in [0.25, 0.3) is 0 Å². The first kappa shape index (κ1) is 22.4. The maximum Gasteiger partial charge on any atom is 0.0593 e. The molecule has 0 bridgehead atoms. The lowest BCUT2D eigenvalue weighted by molar-refractivity contribution is 0.0563. The van der Waals surface area contributed by atoms with E-state index in [0.29, 0.717) is 0 Å².